The third-order valence-corrected chi connectivity index (χ3v) is 1.82. The topological polar surface area (TPSA) is 26.3 Å². The average molecular weight is 184 g/mol. The van der Waals surface area contributed by atoms with E-state index in [-0.39, 0.29) is 0 Å². The Balaban J connectivity index is 2.94. The molecule has 13 heavy (non-hydrogen) atoms. The van der Waals surface area contributed by atoms with Gasteiger partial charge in [-0.2, -0.15) is 0 Å². The quantitative estimate of drug-likeness (QED) is 0.313. The van der Waals surface area contributed by atoms with Gasteiger partial charge in [0.15, 0.2) is 0 Å². The van der Waals surface area contributed by atoms with E-state index in [1.54, 1.807) is 0 Å². The van der Waals surface area contributed by atoms with Crippen molar-refractivity contribution in [2.45, 2.75) is 45.4 Å². The Hall–Kier alpha value is -0.790. The van der Waals surface area contributed by atoms with Crippen LogP contribution in [0.4, 0.5) is 0 Å². The molecule has 0 aliphatic carbocycles. The van der Waals surface area contributed by atoms with Crippen molar-refractivity contribution in [3.05, 3.63) is 12.2 Å². The third kappa shape index (κ3) is 11.2. The minimum atomic E-state index is 0.515. The molecule has 2 nitrogen and oxygen atoms in total. The molecule has 0 fully saturated rings. The van der Waals surface area contributed by atoms with Gasteiger partial charge in [-0.3, -0.25) is 4.79 Å². The summed E-state index contributed by atoms with van der Waals surface area (Å²) in [5, 5.41) is 0. The summed E-state index contributed by atoms with van der Waals surface area (Å²) in [5.41, 5.74) is 0. The number of carbonyl (C=O) groups is 1. The molecule has 0 atom stereocenters. The first kappa shape index (κ1) is 12.2. The Morgan fingerprint density at radius 2 is 1.85 bits per heavy atom. The van der Waals surface area contributed by atoms with Crippen LogP contribution in [0.2, 0.25) is 0 Å². The summed E-state index contributed by atoms with van der Waals surface area (Å²) in [7, 11) is 0. The monoisotopic (exact) mass is 184 g/mol. The molecule has 0 rings (SSSR count). The van der Waals surface area contributed by atoms with Gasteiger partial charge in [-0.05, 0) is 32.1 Å². The van der Waals surface area contributed by atoms with E-state index in [1.165, 1.54) is 19.3 Å². The van der Waals surface area contributed by atoms with Gasteiger partial charge in [0.05, 0.1) is 6.61 Å². The Morgan fingerprint density at radius 3 is 2.54 bits per heavy atom. The number of ether oxygens (including phenoxy) is 1. The van der Waals surface area contributed by atoms with Crippen LogP contribution in [-0.4, -0.2) is 13.1 Å². The van der Waals surface area contributed by atoms with E-state index in [9.17, 15) is 4.79 Å². The van der Waals surface area contributed by atoms with Crippen LogP contribution in [0.3, 0.4) is 0 Å². The lowest BCUT2D eigenvalue weighted by Gasteiger charge is -1.97. The first-order valence-electron chi connectivity index (χ1n) is 5.12. The van der Waals surface area contributed by atoms with Gasteiger partial charge in [-0.25, -0.2) is 0 Å². The molecule has 0 aromatic carbocycles. The summed E-state index contributed by atoms with van der Waals surface area (Å²) < 4.78 is 4.58. The number of hydrogen-bond donors (Lipinski definition) is 0. The summed E-state index contributed by atoms with van der Waals surface area (Å²) in [6.45, 7) is 3.27. The van der Waals surface area contributed by atoms with Gasteiger partial charge in [0, 0.05) is 0 Å². The molecule has 0 aliphatic rings. The van der Waals surface area contributed by atoms with Crippen molar-refractivity contribution in [2.24, 2.45) is 0 Å². The van der Waals surface area contributed by atoms with Crippen molar-refractivity contribution in [1.82, 2.24) is 0 Å². The van der Waals surface area contributed by atoms with E-state index in [4.69, 9.17) is 0 Å². The van der Waals surface area contributed by atoms with Crippen molar-refractivity contribution in [2.75, 3.05) is 6.61 Å². The van der Waals surface area contributed by atoms with Gasteiger partial charge in [0.1, 0.15) is 0 Å². The minimum absolute atomic E-state index is 0.515. The van der Waals surface area contributed by atoms with Crippen LogP contribution in [0.15, 0.2) is 12.2 Å². The van der Waals surface area contributed by atoms with Crippen LogP contribution in [0.5, 0.6) is 0 Å². The molecule has 0 radical (unpaired) electrons. The molecule has 2 heteroatoms. The molecule has 0 saturated carbocycles. The molecule has 0 aliphatic heterocycles. The maximum absolute atomic E-state index is 9.78. The van der Waals surface area contributed by atoms with Crippen molar-refractivity contribution >= 4 is 6.47 Å². The Bertz CT molecular complexity index is 130. The molecular formula is C11H20O2. The zero-order chi connectivity index (χ0) is 9.78. The molecule has 0 unspecified atom stereocenters. The van der Waals surface area contributed by atoms with Crippen LogP contribution in [-0.2, 0) is 9.53 Å². The van der Waals surface area contributed by atoms with E-state index in [2.05, 4.69) is 23.8 Å². The Morgan fingerprint density at radius 1 is 1.08 bits per heavy atom. The highest BCUT2D eigenvalue weighted by Gasteiger charge is 1.87. The summed E-state index contributed by atoms with van der Waals surface area (Å²) >= 11 is 0. The van der Waals surface area contributed by atoms with Crippen molar-refractivity contribution in [3.63, 3.8) is 0 Å². The van der Waals surface area contributed by atoms with Crippen LogP contribution >= 0.6 is 0 Å². The normalized spacial score (nSPS) is 10.5. The van der Waals surface area contributed by atoms with Gasteiger partial charge in [0.2, 0.25) is 0 Å². The lowest BCUT2D eigenvalue weighted by molar-refractivity contribution is -0.128. The second-order valence-corrected chi connectivity index (χ2v) is 3.08. The van der Waals surface area contributed by atoms with Gasteiger partial charge >= 0.3 is 0 Å². The highest BCUT2D eigenvalue weighted by molar-refractivity contribution is 5.36. The fourth-order valence-corrected chi connectivity index (χ4v) is 1.07. The molecule has 0 N–H and O–H groups in total. The molecule has 0 bridgehead atoms. The third-order valence-electron chi connectivity index (χ3n) is 1.82. The molecule has 0 aromatic heterocycles. The maximum Gasteiger partial charge on any atom is 0.293 e. The van der Waals surface area contributed by atoms with E-state index >= 15 is 0 Å². The van der Waals surface area contributed by atoms with Gasteiger partial charge in [-0.15, -0.1) is 0 Å². The summed E-state index contributed by atoms with van der Waals surface area (Å²) in [6.07, 6.45) is 11.4. The number of unbranched alkanes of at least 4 members (excludes halogenated alkanes) is 4. The molecule has 0 heterocycles. The van der Waals surface area contributed by atoms with E-state index in [0.717, 1.165) is 19.3 Å². The average Bonchev–Trinajstić information content (AvgIpc) is 2.16. The molecular weight excluding hydrogens is 164 g/mol. The van der Waals surface area contributed by atoms with Crippen LogP contribution in [0.25, 0.3) is 0 Å². The van der Waals surface area contributed by atoms with E-state index < -0.39 is 0 Å². The lowest BCUT2D eigenvalue weighted by Crippen LogP contribution is -1.90. The standard InChI is InChI=1S/C11H20O2/c1-2-3-4-5-6-7-8-9-10-13-11-12/h4-5,11H,2-3,6-10H2,1H3. The minimum Gasteiger partial charge on any atom is -0.468 e. The van der Waals surface area contributed by atoms with Crippen molar-refractivity contribution in [1.29, 1.82) is 0 Å². The van der Waals surface area contributed by atoms with Crippen molar-refractivity contribution in [3.8, 4) is 0 Å². The molecule has 0 saturated heterocycles. The molecule has 0 spiro atoms. The maximum atomic E-state index is 9.78. The highest BCUT2D eigenvalue weighted by atomic mass is 16.5. The fraction of sp³-hybridized carbons (Fsp3) is 0.727. The highest BCUT2D eigenvalue weighted by Crippen LogP contribution is 2.01. The van der Waals surface area contributed by atoms with Gasteiger partial charge in [-0.1, -0.05) is 25.5 Å². The predicted octanol–water partition coefficient (Wildman–Crippen LogP) is 3.08. The predicted molar refractivity (Wildman–Crippen MR) is 54.5 cm³/mol. The first-order valence-corrected chi connectivity index (χ1v) is 5.12. The fourth-order valence-electron chi connectivity index (χ4n) is 1.07. The van der Waals surface area contributed by atoms with Gasteiger partial charge < -0.3 is 4.74 Å². The largest absolute Gasteiger partial charge is 0.468 e. The summed E-state index contributed by atoms with van der Waals surface area (Å²) in [6, 6.07) is 0. The number of allylic oxidation sites excluding steroid dienone is 2. The van der Waals surface area contributed by atoms with Crippen molar-refractivity contribution < 1.29 is 9.53 Å². The molecule has 76 valence electrons. The van der Waals surface area contributed by atoms with Crippen LogP contribution < -0.4 is 0 Å². The zero-order valence-electron chi connectivity index (χ0n) is 8.50. The second kappa shape index (κ2) is 11.2. The van der Waals surface area contributed by atoms with E-state index in [0.29, 0.717) is 13.1 Å². The van der Waals surface area contributed by atoms with Crippen LogP contribution in [0.1, 0.15) is 45.4 Å². The molecule has 0 amide bonds. The molecule has 0 aromatic rings. The van der Waals surface area contributed by atoms with Crippen LogP contribution in [0, 0.1) is 0 Å². The second-order valence-electron chi connectivity index (χ2n) is 3.08. The van der Waals surface area contributed by atoms with E-state index in [1.807, 2.05) is 0 Å². The Kier molecular flexibility index (Phi) is 10.5. The smallest absolute Gasteiger partial charge is 0.293 e. The Labute approximate surface area is 81.0 Å². The summed E-state index contributed by atoms with van der Waals surface area (Å²) in [4.78, 5) is 9.78. The number of hydrogen-bond acceptors (Lipinski definition) is 2. The van der Waals surface area contributed by atoms with Gasteiger partial charge in [0.25, 0.3) is 6.47 Å². The number of rotatable bonds is 9. The number of carbonyl (C=O) groups excluding carboxylic acids is 1. The first-order chi connectivity index (χ1) is 6.41. The zero-order valence-corrected chi connectivity index (χ0v) is 8.50. The summed E-state index contributed by atoms with van der Waals surface area (Å²) in [5.74, 6) is 0. The SMILES string of the molecule is CCCC=CCCCCCOC=O. The lowest BCUT2D eigenvalue weighted by atomic mass is 10.2.